The third-order valence-electron chi connectivity index (χ3n) is 6.71. The highest BCUT2D eigenvalue weighted by atomic mass is 127. The number of ether oxygens (including phenoxy) is 2. The molecule has 0 bridgehead atoms. The second kappa shape index (κ2) is 14.0. The van der Waals surface area contributed by atoms with Gasteiger partial charge in [-0.1, -0.05) is 25.0 Å². The molecule has 8 nitrogen and oxygen atoms in total. The van der Waals surface area contributed by atoms with Crippen molar-refractivity contribution >= 4 is 35.8 Å². The van der Waals surface area contributed by atoms with E-state index in [1.54, 1.807) is 14.2 Å². The van der Waals surface area contributed by atoms with Gasteiger partial charge in [0.15, 0.2) is 5.96 Å². The second-order valence-corrected chi connectivity index (χ2v) is 8.73. The van der Waals surface area contributed by atoms with Crippen LogP contribution in [-0.2, 0) is 14.9 Å². The lowest BCUT2D eigenvalue weighted by Crippen LogP contribution is -2.55. The van der Waals surface area contributed by atoms with E-state index in [-0.39, 0.29) is 35.3 Å². The van der Waals surface area contributed by atoms with Gasteiger partial charge in [-0.2, -0.15) is 0 Å². The number of methoxy groups -OCH3 is 2. The standard InChI is InChI=1S/C24H39N5O3.HI/c1-25-23(29-14-12-28(13-15-29)18-22(30)26-11-16-31-2)27-19-24(9-4-5-10-24)20-7-6-8-21(17-20)32-3;/h6-8,17H,4-5,9-16,18-19H2,1-3H3,(H,25,27)(H,26,30);1H. The van der Waals surface area contributed by atoms with Crippen molar-refractivity contribution in [1.29, 1.82) is 0 Å². The average Bonchev–Trinajstić information content (AvgIpc) is 3.31. The first-order valence-corrected chi connectivity index (χ1v) is 11.7. The Labute approximate surface area is 215 Å². The van der Waals surface area contributed by atoms with Crippen LogP contribution in [0.25, 0.3) is 0 Å². The lowest BCUT2D eigenvalue weighted by molar-refractivity contribution is -0.122. The number of carbonyl (C=O) groups is 1. The molecule has 9 heteroatoms. The molecule has 1 aromatic carbocycles. The summed E-state index contributed by atoms with van der Waals surface area (Å²) in [5, 5.41) is 6.56. The van der Waals surface area contributed by atoms with E-state index >= 15 is 0 Å². The van der Waals surface area contributed by atoms with Gasteiger partial charge in [0.25, 0.3) is 0 Å². The quantitative estimate of drug-likeness (QED) is 0.204. The summed E-state index contributed by atoms with van der Waals surface area (Å²) in [6.45, 7) is 5.81. The monoisotopic (exact) mass is 573 g/mol. The Kier molecular flexibility index (Phi) is 11.7. The molecule has 2 fully saturated rings. The maximum Gasteiger partial charge on any atom is 0.234 e. The molecular formula is C24H40IN5O3. The molecule has 0 unspecified atom stereocenters. The molecule has 0 spiro atoms. The zero-order valence-corrected chi connectivity index (χ0v) is 22.6. The van der Waals surface area contributed by atoms with Gasteiger partial charge in [-0.05, 0) is 30.5 Å². The molecule has 3 rings (SSSR count). The van der Waals surface area contributed by atoms with Crippen LogP contribution >= 0.6 is 24.0 Å². The molecule has 1 saturated heterocycles. The van der Waals surface area contributed by atoms with Gasteiger partial charge >= 0.3 is 0 Å². The van der Waals surface area contributed by atoms with Crippen LogP contribution in [0.1, 0.15) is 31.2 Å². The largest absolute Gasteiger partial charge is 0.497 e. The van der Waals surface area contributed by atoms with Crippen LogP contribution in [0.3, 0.4) is 0 Å². The second-order valence-electron chi connectivity index (χ2n) is 8.73. The van der Waals surface area contributed by atoms with E-state index < -0.39 is 0 Å². The van der Waals surface area contributed by atoms with Gasteiger partial charge < -0.3 is 25.0 Å². The number of nitrogens with zero attached hydrogens (tertiary/aromatic N) is 3. The van der Waals surface area contributed by atoms with Gasteiger partial charge in [0.05, 0.1) is 20.3 Å². The number of hydrogen-bond acceptors (Lipinski definition) is 5. The number of nitrogens with one attached hydrogen (secondary N) is 2. The minimum absolute atomic E-state index is 0. The molecule has 186 valence electrons. The molecule has 1 aromatic rings. The summed E-state index contributed by atoms with van der Waals surface area (Å²) in [4.78, 5) is 21.1. The Hall–Kier alpha value is -1.59. The van der Waals surface area contributed by atoms with E-state index in [0.29, 0.717) is 19.7 Å². The number of aliphatic imine (C=N–C) groups is 1. The van der Waals surface area contributed by atoms with Crippen LogP contribution in [0.15, 0.2) is 29.3 Å². The van der Waals surface area contributed by atoms with Crippen molar-refractivity contribution in [1.82, 2.24) is 20.4 Å². The average molecular weight is 574 g/mol. The highest BCUT2D eigenvalue weighted by Crippen LogP contribution is 2.41. The molecule has 1 amide bonds. The Morgan fingerprint density at radius 3 is 2.48 bits per heavy atom. The summed E-state index contributed by atoms with van der Waals surface area (Å²) in [5.74, 6) is 1.92. The molecule has 1 saturated carbocycles. The van der Waals surface area contributed by atoms with Crippen molar-refractivity contribution in [3.63, 3.8) is 0 Å². The molecule has 0 radical (unpaired) electrons. The summed E-state index contributed by atoms with van der Waals surface area (Å²) in [6.07, 6.45) is 4.86. The summed E-state index contributed by atoms with van der Waals surface area (Å²) in [6, 6.07) is 8.52. The maximum absolute atomic E-state index is 12.1. The van der Waals surface area contributed by atoms with Crippen molar-refractivity contribution in [3.05, 3.63) is 29.8 Å². The van der Waals surface area contributed by atoms with Gasteiger partial charge in [0.2, 0.25) is 5.91 Å². The van der Waals surface area contributed by atoms with Crippen LogP contribution in [0.5, 0.6) is 5.75 Å². The fourth-order valence-electron chi connectivity index (χ4n) is 4.82. The van der Waals surface area contributed by atoms with Crippen molar-refractivity contribution < 1.29 is 14.3 Å². The molecule has 2 N–H and O–H groups in total. The van der Waals surface area contributed by atoms with Crippen LogP contribution in [0.4, 0.5) is 0 Å². The molecule has 1 aliphatic carbocycles. The summed E-state index contributed by atoms with van der Waals surface area (Å²) in [5.41, 5.74) is 1.47. The third-order valence-corrected chi connectivity index (χ3v) is 6.71. The van der Waals surface area contributed by atoms with Crippen molar-refractivity contribution in [2.24, 2.45) is 4.99 Å². The predicted molar refractivity (Wildman–Crippen MR) is 143 cm³/mol. The molecule has 33 heavy (non-hydrogen) atoms. The fourth-order valence-corrected chi connectivity index (χ4v) is 4.82. The zero-order chi connectivity index (χ0) is 22.8. The van der Waals surface area contributed by atoms with E-state index in [0.717, 1.165) is 44.4 Å². The molecule has 0 aromatic heterocycles. The van der Waals surface area contributed by atoms with Crippen molar-refractivity contribution in [2.45, 2.75) is 31.1 Å². The fraction of sp³-hybridized carbons (Fsp3) is 0.667. The number of carbonyl (C=O) groups excluding carboxylic acids is 1. The van der Waals surface area contributed by atoms with Gasteiger partial charge in [0, 0.05) is 58.8 Å². The minimum Gasteiger partial charge on any atom is -0.497 e. The van der Waals surface area contributed by atoms with E-state index in [1.165, 1.54) is 31.2 Å². The first-order chi connectivity index (χ1) is 15.6. The molecule has 1 heterocycles. The number of amides is 1. The smallest absolute Gasteiger partial charge is 0.234 e. The van der Waals surface area contributed by atoms with E-state index in [2.05, 4.69) is 43.6 Å². The molecule has 0 atom stereocenters. The number of hydrogen-bond donors (Lipinski definition) is 2. The van der Waals surface area contributed by atoms with Crippen LogP contribution in [-0.4, -0.2) is 95.4 Å². The van der Waals surface area contributed by atoms with Crippen molar-refractivity contribution in [3.8, 4) is 5.75 Å². The Bertz CT molecular complexity index is 762. The first kappa shape index (κ1) is 27.7. The maximum atomic E-state index is 12.1. The van der Waals surface area contributed by atoms with Gasteiger partial charge in [0.1, 0.15) is 5.75 Å². The number of halogens is 1. The molecular weight excluding hydrogens is 533 g/mol. The number of guanidine groups is 1. The highest BCUT2D eigenvalue weighted by Gasteiger charge is 2.36. The third kappa shape index (κ3) is 7.71. The van der Waals surface area contributed by atoms with E-state index in [4.69, 9.17) is 9.47 Å². The lowest BCUT2D eigenvalue weighted by atomic mass is 9.78. The van der Waals surface area contributed by atoms with Crippen LogP contribution in [0, 0.1) is 0 Å². The van der Waals surface area contributed by atoms with E-state index in [1.807, 2.05) is 13.1 Å². The first-order valence-electron chi connectivity index (χ1n) is 11.7. The van der Waals surface area contributed by atoms with Crippen molar-refractivity contribution in [2.75, 3.05) is 73.7 Å². The van der Waals surface area contributed by atoms with Gasteiger partial charge in [-0.25, -0.2) is 0 Å². The van der Waals surface area contributed by atoms with E-state index in [9.17, 15) is 4.79 Å². The topological polar surface area (TPSA) is 78.4 Å². The van der Waals surface area contributed by atoms with Gasteiger partial charge in [-0.15, -0.1) is 24.0 Å². The Balaban J connectivity index is 0.00000385. The Morgan fingerprint density at radius 1 is 1.12 bits per heavy atom. The van der Waals surface area contributed by atoms with Crippen LogP contribution in [0.2, 0.25) is 0 Å². The molecule has 2 aliphatic rings. The van der Waals surface area contributed by atoms with Crippen LogP contribution < -0.4 is 15.4 Å². The lowest BCUT2D eigenvalue weighted by Gasteiger charge is -2.38. The van der Waals surface area contributed by atoms with Gasteiger partial charge in [-0.3, -0.25) is 14.7 Å². The summed E-state index contributed by atoms with van der Waals surface area (Å²) in [7, 11) is 5.21. The highest BCUT2D eigenvalue weighted by molar-refractivity contribution is 14.0. The normalized spacial score (nSPS) is 18.5. The summed E-state index contributed by atoms with van der Waals surface area (Å²) < 4.78 is 10.5. The Morgan fingerprint density at radius 2 is 1.85 bits per heavy atom. The molecule has 1 aliphatic heterocycles. The summed E-state index contributed by atoms with van der Waals surface area (Å²) >= 11 is 0. The SMILES string of the molecule is CN=C(NCC1(c2cccc(OC)c2)CCCC1)N1CCN(CC(=O)NCCOC)CC1.I. The number of benzene rings is 1. The number of piperazine rings is 1. The number of rotatable bonds is 9. The zero-order valence-electron chi connectivity index (χ0n) is 20.3. The minimum atomic E-state index is 0. The predicted octanol–water partition coefficient (Wildman–Crippen LogP) is 2.08.